The predicted molar refractivity (Wildman–Crippen MR) is 79.1 cm³/mol. The van der Waals surface area contributed by atoms with E-state index in [0.29, 0.717) is 25.1 Å². The molecule has 114 valence electrons. The summed E-state index contributed by atoms with van der Waals surface area (Å²) in [7, 11) is 0. The van der Waals surface area contributed by atoms with Gasteiger partial charge in [0.25, 0.3) is 0 Å². The first-order chi connectivity index (χ1) is 10.0. The van der Waals surface area contributed by atoms with Gasteiger partial charge in [0.1, 0.15) is 18.4 Å². The molecule has 0 aromatic heterocycles. The fourth-order valence-corrected chi connectivity index (χ4v) is 2.25. The lowest BCUT2D eigenvalue weighted by Crippen LogP contribution is -2.45. The molecule has 3 N–H and O–H groups in total. The highest BCUT2D eigenvalue weighted by Crippen LogP contribution is 2.28. The van der Waals surface area contributed by atoms with Crippen molar-refractivity contribution in [2.24, 2.45) is 0 Å². The number of rotatable bonds is 6. The Balaban J connectivity index is 2.15. The van der Waals surface area contributed by atoms with Crippen LogP contribution in [0.2, 0.25) is 0 Å². The van der Waals surface area contributed by atoms with E-state index in [1.807, 2.05) is 6.92 Å². The maximum absolute atomic E-state index is 12.5. The third kappa shape index (κ3) is 3.52. The Morgan fingerprint density at radius 2 is 2.24 bits per heavy atom. The number of nitrogens with one attached hydrogen (secondary N) is 2. The SMILES string of the molecule is CCC(NC(C)C(=O)O)C(=O)c1ccc2c(c1)NCCO2. The van der Waals surface area contributed by atoms with E-state index in [0.717, 1.165) is 11.4 Å². The summed E-state index contributed by atoms with van der Waals surface area (Å²) in [6.07, 6.45) is 0.525. The highest BCUT2D eigenvalue weighted by molar-refractivity contribution is 6.01. The molecule has 2 rings (SSSR count). The monoisotopic (exact) mass is 292 g/mol. The topological polar surface area (TPSA) is 87.7 Å². The van der Waals surface area contributed by atoms with Crippen LogP contribution in [0.4, 0.5) is 5.69 Å². The summed E-state index contributed by atoms with van der Waals surface area (Å²) in [5.41, 5.74) is 1.34. The standard InChI is InChI=1S/C15H20N2O4/c1-3-11(17-9(2)15(19)20)14(18)10-4-5-13-12(8-10)16-6-7-21-13/h4-5,8-9,11,16-17H,3,6-7H2,1-2H3,(H,19,20). The van der Waals surface area contributed by atoms with Gasteiger partial charge in [-0.1, -0.05) is 6.92 Å². The Kier molecular flexibility index (Phi) is 4.80. The van der Waals surface area contributed by atoms with Gasteiger partial charge in [0.2, 0.25) is 0 Å². The van der Waals surface area contributed by atoms with Crippen LogP contribution in [0.25, 0.3) is 0 Å². The Bertz CT molecular complexity index is 544. The quantitative estimate of drug-likeness (QED) is 0.689. The highest BCUT2D eigenvalue weighted by atomic mass is 16.5. The minimum atomic E-state index is -0.971. The number of carbonyl (C=O) groups excluding carboxylic acids is 1. The number of Topliss-reactive ketones (excluding diaryl/α,β-unsaturated/α-hetero) is 1. The largest absolute Gasteiger partial charge is 0.490 e. The summed E-state index contributed by atoms with van der Waals surface area (Å²) < 4.78 is 5.47. The molecule has 1 aromatic carbocycles. The molecule has 0 bridgehead atoms. The van der Waals surface area contributed by atoms with Crippen molar-refractivity contribution in [1.82, 2.24) is 5.32 Å². The number of carbonyl (C=O) groups is 2. The van der Waals surface area contributed by atoms with Crippen molar-refractivity contribution in [3.8, 4) is 5.75 Å². The van der Waals surface area contributed by atoms with E-state index in [-0.39, 0.29) is 5.78 Å². The number of carboxylic acids is 1. The van der Waals surface area contributed by atoms with Gasteiger partial charge in [-0.2, -0.15) is 0 Å². The Hall–Kier alpha value is -2.08. The molecule has 0 spiro atoms. The van der Waals surface area contributed by atoms with Crippen molar-refractivity contribution in [3.05, 3.63) is 23.8 Å². The lowest BCUT2D eigenvalue weighted by molar-refractivity contribution is -0.139. The Morgan fingerprint density at radius 3 is 2.90 bits per heavy atom. The van der Waals surface area contributed by atoms with Gasteiger partial charge < -0.3 is 15.2 Å². The summed E-state index contributed by atoms with van der Waals surface area (Å²) >= 11 is 0. The number of aliphatic carboxylic acids is 1. The first-order valence-electron chi connectivity index (χ1n) is 7.06. The van der Waals surface area contributed by atoms with Gasteiger partial charge in [0.15, 0.2) is 5.78 Å². The molecule has 0 saturated carbocycles. The number of carboxylic acid groups (broad SMARTS) is 1. The van der Waals surface area contributed by atoms with E-state index in [1.54, 1.807) is 18.2 Å². The Labute approximate surface area is 123 Å². The van der Waals surface area contributed by atoms with E-state index < -0.39 is 18.1 Å². The average Bonchev–Trinajstić information content (AvgIpc) is 2.51. The number of benzene rings is 1. The molecule has 0 aliphatic carbocycles. The molecule has 1 aromatic rings. The van der Waals surface area contributed by atoms with E-state index in [9.17, 15) is 9.59 Å². The van der Waals surface area contributed by atoms with Crippen LogP contribution in [0.1, 0.15) is 30.6 Å². The molecule has 21 heavy (non-hydrogen) atoms. The number of ether oxygens (including phenoxy) is 1. The van der Waals surface area contributed by atoms with Gasteiger partial charge in [-0.15, -0.1) is 0 Å². The average molecular weight is 292 g/mol. The van der Waals surface area contributed by atoms with E-state index in [2.05, 4.69) is 10.6 Å². The van der Waals surface area contributed by atoms with E-state index in [4.69, 9.17) is 9.84 Å². The maximum atomic E-state index is 12.5. The predicted octanol–water partition coefficient (Wildman–Crippen LogP) is 1.51. The molecule has 0 saturated heterocycles. The summed E-state index contributed by atoms with van der Waals surface area (Å²) in [5.74, 6) is -0.347. The molecular weight excluding hydrogens is 272 g/mol. The van der Waals surface area contributed by atoms with Crippen LogP contribution < -0.4 is 15.4 Å². The number of hydrogen-bond acceptors (Lipinski definition) is 5. The van der Waals surface area contributed by atoms with Crippen molar-refractivity contribution < 1.29 is 19.4 Å². The molecule has 6 nitrogen and oxygen atoms in total. The minimum Gasteiger partial charge on any atom is -0.490 e. The second-order valence-electron chi connectivity index (χ2n) is 5.04. The zero-order valence-electron chi connectivity index (χ0n) is 12.2. The first-order valence-corrected chi connectivity index (χ1v) is 7.06. The zero-order chi connectivity index (χ0) is 15.4. The molecular formula is C15H20N2O4. The highest BCUT2D eigenvalue weighted by Gasteiger charge is 2.23. The number of hydrogen-bond donors (Lipinski definition) is 3. The van der Waals surface area contributed by atoms with Crippen LogP contribution in [-0.2, 0) is 4.79 Å². The van der Waals surface area contributed by atoms with Gasteiger partial charge >= 0.3 is 5.97 Å². The molecule has 1 aliphatic rings. The first kappa shape index (κ1) is 15.3. The van der Waals surface area contributed by atoms with Crippen molar-refractivity contribution in [2.45, 2.75) is 32.4 Å². The fraction of sp³-hybridized carbons (Fsp3) is 0.467. The lowest BCUT2D eigenvalue weighted by Gasteiger charge is -2.22. The van der Waals surface area contributed by atoms with Gasteiger partial charge in [0, 0.05) is 12.1 Å². The van der Waals surface area contributed by atoms with Crippen LogP contribution in [0.15, 0.2) is 18.2 Å². The van der Waals surface area contributed by atoms with Crippen molar-refractivity contribution in [3.63, 3.8) is 0 Å². The molecule has 0 radical (unpaired) electrons. The van der Waals surface area contributed by atoms with Gasteiger partial charge in [-0.3, -0.25) is 14.9 Å². The van der Waals surface area contributed by atoms with Crippen molar-refractivity contribution in [2.75, 3.05) is 18.5 Å². The van der Waals surface area contributed by atoms with Crippen molar-refractivity contribution in [1.29, 1.82) is 0 Å². The summed E-state index contributed by atoms with van der Waals surface area (Å²) in [5, 5.41) is 15.0. The van der Waals surface area contributed by atoms with Crippen LogP contribution >= 0.6 is 0 Å². The van der Waals surface area contributed by atoms with Crippen LogP contribution in [0, 0.1) is 0 Å². The summed E-state index contributed by atoms with van der Waals surface area (Å²) in [4.78, 5) is 23.4. The molecule has 1 aliphatic heterocycles. The third-order valence-corrected chi connectivity index (χ3v) is 3.49. The van der Waals surface area contributed by atoms with E-state index in [1.165, 1.54) is 6.92 Å². The number of ketones is 1. The van der Waals surface area contributed by atoms with Crippen molar-refractivity contribution >= 4 is 17.4 Å². The van der Waals surface area contributed by atoms with Crippen LogP contribution in [0.3, 0.4) is 0 Å². The minimum absolute atomic E-state index is 0.110. The smallest absolute Gasteiger partial charge is 0.320 e. The molecule has 2 unspecified atom stereocenters. The zero-order valence-corrected chi connectivity index (χ0v) is 12.2. The summed E-state index contributed by atoms with van der Waals surface area (Å²) in [6, 6.07) is 3.95. The van der Waals surface area contributed by atoms with Crippen LogP contribution in [-0.4, -0.2) is 42.1 Å². The number of fused-ring (bicyclic) bond motifs is 1. The molecule has 6 heteroatoms. The van der Waals surface area contributed by atoms with Gasteiger partial charge in [-0.25, -0.2) is 0 Å². The Morgan fingerprint density at radius 1 is 1.48 bits per heavy atom. The van der Waals surface area contributed by atoms with Gasteiger partial charge in [-0.05, 0) is 31.5 Å². The second-order valence-corrected chi connectivity index (χ2v) is 5.04. The third-order valence-electron chi connectivity index (χ3n) is 3.49. The lowest BCUT2D eigenvalue weighted by atomic mass is 10.0. The fourth-order valence-electron chi connectivity index (χ4n) is 2.25. The normalized spacial score (nSPS) is 16.1. The molecule has 0 fully saturated rings. The second kappa shape index (κ2) is 6.58. The van der Waals surface area contributed by atoms with Crippen LogP contribution in [0.5, 0.6) is 5.75 Å². The van der Waals surface area contributed by atoms with Gasteiger partial charge in [0.05, 0.1) is 11.7 Å². The van der Waals surface area contributed by atoms with E-state index >= 15 is 0 Å². The summed E-state index contributed by atoms with van der Waals surface area (Å²) in [6.45, 7) is 4.69. The molecule has 0 amide bonds. The molecule has 1 heterocycles. The number of anilines is 1. The maximum Gasteiger partial charge on any atom is 0.320 e. The molecule has 2 atom stereocenters.